The second kappa shape index (κ2) is 46.6. The number of thioether (sulfide) groups is 2. The van der Waals surface area contributed by atoms with E-state index in [0.29, 0.717) is 13.1 Å². The lowest BCUT2D eigenvalue weighted by molar-refractivity contribution is 0.140. The Hall–Kier alpha value is -3.98. The molecule has 0 saturated heterocycles. The van der Waals surface area contributed by atoms with Gasteiger partial charge in [0, 0.05) is 101 Å². The van der Waals surface area contributed by atoms with Crippen molar-refractivity contribution in [2.75, 3.05) is 162 Å². The minimum absolute atomic E-state index is 0.00967. The van der Waals surface area contributed by atoms with Gasteiger partial charge in [-0.15, -0.1) is 0 Å². The molecule has 4 aromatic carbocycles. The monoisotopic (exact) mass is 1140 g/mol. The zero-order chi connectivity index (χ0) is 58.6. The highest BCUT2D eigenvalue weighted by Gasteiger charge is 2.31. The Balaban J connectivity index is 0.000000498. The molecule has 17 heteroatoms. The highest BCUT2D eigenvalue weighted by molar-refractivity contribution is 8.02. The molecule has 79 heavy (non-hydrogen) atoms. The molecule has 12 N–H and O–H groups in total. The van der Waals surface area contributed by atoms with Crippen molar-refractivity contribution < 1.29 is 24.4 Å². The van der Waals surface area contributed by atoms with Crippen LogP contribution < -0.4 is 62.6 Å². The lowest BCUT2D eigenvalue weighted by Gasteiger charge is -2.39. The number of benzene rings is 4. The van der Waals surface area contributed by atoms with E-state index >= 15 is 0 Å². The van der Waals surface area contributed by atoms with Gasteiger partial charge in [-0.1, -0.05) is 26.0 Å². The molecule has 450 valence electrons. The van der Waals surface area contributed by atoms with E-state index in [0.717, 1.165) is 119 Å². The highest BCUT2D eigenvalue weighted by Crippen LogP contribution is 2.39. The molecular weight excluding hydrogens is 1030 g/mol. The standard InChI is InChI=1S/C17H34N2.C16H20N2O2.C14H16N2O.C6H16N2O.C5H14N2O.C4H10S2/c1-12-9-14(5-7-16(12)18-3)11-15-6-8-17(19-4)13(2)10-15;1-17-14-6-4-11(8-13(14)10-19)12-5-7-15(18-2)16(9-12)20-3;1-15-11-3-7-13(8-4-11)17-14-9-5-12(16-2)6-10-14;1-7-3-5-9-6-4-8-2;1-6-3-5(8)4-7-2;1-5-3-4-6-2/h12-19H,5-11H2,1-4H3;4-9,17-19H,10H2,1-3H3;3-10,15-16H,1-2H3;7-8H,3-6H2,1-2H3;5-8H,3-4H2,1-2H3;3-4H2,1-2H3. The van der Waals surface area contributed by atoms with Crippen LogP contribution in [0.15, 0.2) is 84.9 Å². The van der Waals surface area contributed by atoms with Gasteiger partial charge >= 0.3 is 0 Å². The molecule has 2 aliphatic carbocycles. The van der Waals surface area contributed by atoms with Crippen molar-refractivity contribution in [1.82, 2.24) is 31.9 Å². The highest BCUT2D eigenvalue weighted by atomic mass is 32.2. The maximum Gasteiger partial charge on any atom is 0.142 e. The number of hydrogen-bond donors (Lipinski definition) is 12. The summed E-state index contributed by atoms with van der Waals surface area (Å²) in [6, 6.07) is 29.2. The van der Waals surface area contributed by atoms with Crippen molar-refractivity contribution in [3.63, 3.8) is 0 Å². The first-order valence-electron chi connectivity index (χ1n) is 28.5. The predicted molar refractivity (Wildman–Crippen MR) is 348 cm³/mol. The Bertz CT molecular complexity index is 1920. The summed E-state index contributed by atoms with van der Waals surface area (Å²) in [7, 11) is 20.9. The van der Waals surface area contributed by atoms with Crippen LogP contribution >= 0.6 is 23.5 Å². The van der Waals surface area contributed by atoms with Crippen molar-refractivity contribution in [2.45, 2.75) is 83.6 Å². The lowest BCUT2D eigenvalue weighted by atomic mass is 9.70. The first kappa shape index (κ1) is 73.0. The molecule has 6 rings (SSSR count). The maximum atomic E-state index is 9.43. The minimum Gasteiger partial charge on any atom is -0.495 e. The Morgan fingerprint density at radius 1 is 0.557 bits per heavy atom. The van der Waals surface area contributed by atoms with Crippen LogP contribution in [0.3, 0.4) is 0 Å². The summed E-state index contributed by atoms with van der Waals surface area (Å²) in [6.45, 7) is 9.67. The molecule has 0 bridgehead atoms. The van der Waals surface area contributed by atoms with E-state index in [4.69, 9.17) is 19.3 Å². The fourth-order valence-corrected chi connectivity index (χ4v) is 11.0. The van der Waals surface area contributed by atoms with Crippen molar-refractivity contribution in [1.29, 1.82) is 0 Å². The van der Waals surface area contributed by atoms with Gasteiger partial charge in [0.2, 0.25) is 0 Å². The number of aliphatic hydroxyl groups excluding tert-OH is 2. The molecule has 0 heterocycles. The quantitative estimate of drug-likeness (QED) is 0.0266. The van der Waals surface area contributed by atoms with Gasteiger partial charge in [-0.2, -0.15) is 23.5 Å². The second-order valence-corrected chi connectivity index (χ2v) is 22.0. The minimum atomic E-state index is -0.259. The van der Waals surface area contributed by atoms with Gasteiger partial charge in [0.25, 0.3) is 0 Å². The van der Waals surface area contributed by atoms with Crippen LogP contribution in [0.1, 0.15) is 64.4 Å². The van der Waals surface area contributed by atoms with Crippen LogP contribution in [0.4, 0.5) is 22.7 Å². The Kier molecular flexibility index (Phi) is 43.1. The summed E-state index contributed by atoms with van der Waals surface area (Å²) in [5, 5.41) is 49.4. The summed E-state index contributed by atoms with van der Waals surface area (Å²) >= 11 is 3.81. The predicted octanol–water partition coefficient (Wildman–Crippen LogP) is 9.87. The van der Waals surface area contributed by atoms with Crippen LogP contribution in [0.25, 0.3) is 11.1 Å². The van der Waals surface area contributed by atoms with E-state index < -0.39 is 0 Å². The molecule has 2 aliphatic rings. The summed E-state index contributed by atoms with van der Waals surface area (Å²) in [4.78, 5) is 0. The van der Waals surface area contributed by atoms with E-state index in [1.165, 1.54) is 56.5 Å². The van der Waals surface area contributed by atoms with E-state index in [9.17, 15) is 5.11 Å². The summed E-state index contributed by atoms with van der Waals surface area (Å²) < 4.78 is 16.3. The van der Waals surface area contributed by atoms with Crippen molar-refractivity contribution in [3.8, 4) is 28.4 Å². The zero-order valence-electron chi connectivity index (χ0n) is 51.4. The van der Waals surface area contributed by atoms with Gasteiger partial charge in [0.1, 0.15) is 17.2 Å². The Morgan fingerprint density at radius 3 is 1.35 bits per heavy atom. The third-order valence-corrected chi connectivity index (χ3v) is 15.7. The topological polar surface area (TPSA) is 188 Å². The average Bonchev–Trinajstić information content (AvgIpc) is 3.48. The van der Waals surface area contributed by atoms with Crippen LogP contribution in [-0.4, -0.2) is 169 Å². The van der Waals surface area contributed by atoms with E-state index in [-0.39, 0.29) is 12.7 Å². The smallest absolute Gasteiger partial charge is 0.142 e. The van der Waals surface area contributed by atoms with E-state index in [2.05, 4.69) is 93.6 Å². The van der Waals surface area contributed by atoms with Crippen molar-refractivity contribution >= 4 is 46.3 Å². The molecule has 2 saturated carbocycles. The number of nitrogens with one attached hydrogen (secondary N) is 10. The van der Waals surface area contributed by atoms with Crippen molar-refractivity contribution in [3.05, 3.63) is 90.5 Å². The molecule has 0 amide bonds. The fraction of sp³-hybridized carbons (Fsp3) is 0.613. The maximum absolute atomic E-state index is 9.43. The van der Waals surface area contributed by atoms with E-state index in [1.54, 1.807) is 7.11 Å². The molecule has 15 nitrogen and oxygen atoms in total. The summed E-state index contributed by atoms with van der Waals surface area (Å²) in [6.07, 6.45) is 14.1. The number of methoxy groups -OCH3 is 1. The molecule has 0 aliphatic heterocycles. The van der Waals surface area contributed by atoms with Gasteiger partial charge in [0.05, 0.1) is 38.7 Å². The normalized spacial score (nSPS) is 18.2. The number of hydrogen-bond acceptors (Lipinski definition) is 17. The van der Waals surface area contributed by atoms with Gasteiger partial charge in [-0.25, -0.2) is 0 Å². The number of rotatable bonds is 26. The molecule has 6 atom stereocenters. The number of anilines is 4. The van der Waals surface area contributed by atoms with Crippen LogP contribution in [0.2, 0.25) is 0 Å². The number of aliphatic hydroxyl groups is 2. The first-order chi connectivity index (χ1) is 38.3. The van der Waals surface area contributed by atoms with Gasteiger partial charge in [-0.3, -0.25) is 0 Å². The average molecular weight is 1140 g/mol. The Morgan fingerprint density at radius 2 is 1.00 bits per heavy atom. The molecule has 0 radical (unpaired) electrons. The van der Waals surface area contributed by atoms with Crippen LogP contribution in [0.5, 0.6) is 17.2 Å². The molecule has 4 aromatic rings. The summed E-state index contributed by atoms with van der Waals surface area (Å²) in [5.74, 6) is 8.80. The SMILES string of the molecule is CNC1CCC(CC2CCC(NC)C(C)C2)CC1C.CNCC(O)CNC.CNCCOCCNC.CNc1ccc(-c2ccc(NC)c(OC)c2)cc1CO.CNc1ccc(Oc2ccc(NC)cc2)cc1.CSCCSC. The Labute approximate surface area is 488 Å². The molecule has 6 unspecified atom stereocenters. The van der Waals surface area contributed by atoms with Crippen molar-refractivity contribution in [2.24, 2.45) is 23.7 Å². The van der Waals surface area contributed by atoms with Crippen LogP contribution in [0, 0.1) is 23.7 Å². The van der Waals surface area contributed by atoms with Crippen LogP contribution in [-0.2, 0) is 11.3 Å². The summed E-state index contributed by atoms with van der Waals surface area (Å²) in [5.41, 5.74) is 7.01. The first-order valence-corrected chi connectivity index (χ1v) is 31.3. The third kappa shape index (κ3) is 31.1. The second-order valence-electron chi connectivity index (χ2n) is 20.0. The molecule has 0 spiro atoms. The van der Waals surface area contributed by atoms with E-state index in [1.807, 2.05) is 165 Å². The number of likely N-dealkylation sites (N-methyl/N-ethyl adjacent to an activating group) is 4. The lowest BCUT2D eigenvalue weighted by Crippen LogP contribution is -2.39. The molecule has 0 aromatic heterocycles. The van der Waals surface area contributed by atoms with Gasteiger partial charge in [0.15, 0.2) is 0 Å². The fourth-order valence-electron chi connectivity index (χ4n) is 9.67. The zero-order valence-corrected chi connectivity index (χ0v) is 53.0. The van der Waals surface area contributed by atoms with Gasteiger partial charge < -0.3 is 77.6 Å². The largest absolute Gasteiger partial charge is 0.495 e. The molecule has 2 fully saturated rings. The third-order valence-electron chi connectivity index (χ3n) is 14.2. The number of ether oxygens (including phenoxy) is 3. The molecular formula is C62H110N10O5S2. The van der Waals surface area contributed by atoms with Gasteiger partial charge in [-0.05, 0) is 207 Å².